The van der Waals surface area contributed by atoms with Crippen molar-refractivity contribution in [3.63, 3.8) is 0 Å². The molecular formula is C22H24FN3O. The Balaban J connectivity index is 1.99. The van der Waals surface area contributed by atoms with Gasteiger partial charge in [0.2, 0.25) is 0 Å². The summed E-state index contributed by atoms with van der Waals surface area (Å²) in [6.45, 7) is 8.19. The van der Waals surface area contributed by atoms with E-state index in [-0.39, 0.29) is 17.0 Å². The second-order valence-corrected chi connectivity index (χ2v) is 7.71. The zero-order valence-electron chi connectivity index (χ0n) is 15.6. The third-order valence-corrected chi connectivity index (χ3v) is 4.77. The van der Waals surface area contributed by atoms with Crippen LogP contribution in [0.25, 0.3) is 5.70 Å². The van der Waals surface area contributed by atoms with Crippen molar-refractivity contribution in [3.8, 4) is 0 Å². The molecule has 4 nitrogen and oxygen atoms in total. The molecule has 1 aromatic carbocycles. The zero-order chi connectivity index (χ0) is 19.6. The minimum Gasteiger partial charge on any atom is -0.358 e. The average Bonchev–Trinajstić information content (AvgIpc) is 2.61. The third kappa shape index (κ3) is 4.31. The van der Waals surface area contributed by atoms with E-state index in [1.165, 1.54) is 12.1 Å². The van der Waals surface area contributed by atoms with Crippen molar-refractivity contribution in [1.29, 1.82) is 0 Å². The second-order valence-electron chi connectivity index (χ2n) is 7.71. The SMILES string of the molecule is C=C(NC1=C(C(N)c2ccc(F)cc2)C(=O)CC(C)(C)C1)c1cccnc1. The Morgan fingerprint density at radius 2 is 1.96 bits per heavy atom. The van der Waals surface area contributed by atoms with Crippen molar-refractivity contribution in [1.82, 2.24) is 10.3 Å². The standard InChI is InChI=1S/C22H24FN3O/c1-14(16-5-4-10-25-13-16)26-18-11-22(2,3)12-19(27)20(18)21(24)15-6-8-17(23)9-7-15/h4-10,13,21,26H,1,11-12,24H2,2-3H3. The Hall–Kier alpha value is -2.79. The van der Waals surface area contributed by atoms with Crippen LogP contribution < -0.4 is 11.1 Å². The molecule has 0 bridgehead atoms. The summed E-state index contributed by atoms with van der Waals surface area (Å²) in [6.07, 6.45) is 4.49. The predicted octanol–water partition coefficient (Wildman–Crippen LogP) is 4.12. The largest absolute Gasteiger partial charge is 0.358 e. The van der Waals surface area contributed by atoms with Gasteiger partial charge in [-0.2, -0.15) is 0 Å². The van der Waals surface area contributed by atoms with Crippen molar-refractivity contribution in [2.75, 3.05) is 0 Å². The van der Waals surface area contributed by atoms with Gasteiger partial charge in [0.15, 0.2) is 5.78 Å². The van der Waals surface area contributed by atoms with Crippen molar-refractivity contribution >= 4 is 11.5 Å². The molecule has 0 saturated heterocycles. The summed E-state index contributed by atoms with van der Waals surface area (Å²) in [5, 5.41) is 3.30. The molecule has 1 aromatic heterocycles. The molecule has 3 rings (SSSR count). The fraction of sp³-hybridized carbons (Fsp3) is 0.273. The molecule has 1 atom stereocenters. The lowest BCUT2D eigenvalue weighted by molar-refractivity contribution is -0.118. The maximum absolute atomic E-state index is 13.3. The maximum Gasteiger partial charge on any atom is 0.163 e. The highest BCUT2D eigenvalue weighted by atomic mass is 19.1. The quantitative estimate of drug-likeness (QED) is 0.836. The van der Waals surface area contributed by atoms with Gasteiger partial charge in [0.1, 0.15) is 5.82 Å². The summed E-state index contributed by atoms with van der Waals surface area (Å²) in [5.74, 6) is -0.330. The van der Waals surface area contributed by atoms with Crippen LogP contribution in [0.1, 0.15) is 43.9 Å². The van der Waals surface area contributed by atoms with Gasteiger partial charge >= 0.3 is 0 Å². The number of Topliss-reactive ketones (excluding diaryl/α,β-unsaturated/α-hetero) is 1. The number of halogens is 1. The fourth-order valence-electron chi connectivity index (χ4n) is 3.44. The number of allylic oxidation sites excluding steroid dienone is 1. The lowest BCUT2D eigenvalue weighted by Gasteiger charge is -2.35. The van der Waals surface area contributed by atoms with E-state index in [2.05, 4.69) is 30.7 Å². The fourth-order valence-corrected chi connectivity index (χ4v) is 3.44. The van der Waals surface area contributed by atoms with Gasteiger partial charge in [-0.15, -0.1) is 0 Å². The van der Waals surface area contributed by atoms with E-state index < -0.39 is 6.04 Å². The Kier molecular flexibility index (Phi) is 5.24. The van der Waals surface area contributed by atoms with Crippen molar-refractivity contribution in [3.05, 3.63) is 83.6 Å². The summed E-state index contributed by atoms with van der Waals surface area (Å²) in [6, 6.07) is 9.05. The summed E-state index contributed by atoms with van der Waals surface area (Å²) >= 11 is 0. The molecule has 1 aliphatic rings. The zero-order valence-corrected chi connectivity index (χ0v) is 15.6. The van der Waals surface area contributed by atoms with E-state index in [4.69, 9.17) is 5.73 Å². The lowest BCUT2D eigenvalue weighted by atomic mass is 9.73. The molecule has 0 aliphatic heterocycles. The molecule has 0 fully saturated rings. The van der Waals surface area contributed by atoms with Gasteiger partial charge in [-0.1, -0.05) is 32.6 Å². The third-order valence-electron chi connectivity index (χ3n) is 4.77. The molecule has 1 aliphatic carbocycles. The predicted molar refractivity (Wildman–Crippen MR) is 105 cm³/mol. The van der Waals surface area contributed by atoms with Crippen LogP contribution in [0.3, 0.4) is 0 Å². The summed E-state index contributed by atoms with van der Waals surface area (Å²) in [5.41, 5.74) is 9.74. The first-order valence-corrected chi connectivity index (χ1v) is 8.90. The number of hydrogen-bond acceptors (Lipinski definition) is 4. The van der Waals surface area contributed by atoms with Gasteiger partial charge < -0.3 is 11.1 Å². The van der Waals surface area contributed by atoms with E-state index >= 15 is 0 Å². The van der Waals surface area contributed by atoms with Crippen molar-refractivity contribution in [2.45, 2.75) is 32.7 Å². The minimum absolute atomic E-state index is 0.00422. The number of hydrogen-bond donors (Lipinski definition) is 2. The number of carbonyl (C=O) groups excluding carboxylic acids is 1. The highest BCUT2D eigenvalue weighted by Crippen LogP contribution is 2.40. The summed E-state index contributed by atoms with van der Waals surface area (Å²) in [7, 11) is 0. The van der Waals surface area contributed by atoms with E-state index in [0.29, 0.717) is 29.7 Å². The molecule has 0 radical (unpaired) electrons. The van der Waals surface area contributed by atoms with Gasteiger partial charge in [0, 0.05) is 41.3 Å². The Bertz CT molecular complexity index is 886. The number of nitrogens with two attached hydrogens (primary N) is 1. The van der Waals surface area contributed by atoms with E-state index in [0.717, 1.165) is 11.3 Å². The number of carbonyl (C=O) groups is 1. The number of nitrogens with zero attached hydrogens (tertiary/aromatic N) is 1. The molecule has 2 aromatic rings. The second kappa shape index (κ2) is 7.45. The molecular weight excluding hydrogens is 341 g/mol. The number of rotatable bonds is 5. The number of aromatic nitrogens is 1. The van der Waals surface area contributed by atoms with Crippen LogP contribution in [0.15, 0.2) is 66.6 Å². The van der Waals surface area contributed by atoms with Gasteiger partial charge in [-0.05, 0) is 41.7 Å². The Labute approximate surface area is 159 Å². The summed E-state index contributed by atoms with van der Waals surface area (Å²) < 4.78 is 13.3. The van der Waals surface area contributed by atoms with Crippen LogP contribution in [0, 0.1) is 11.2 Å². The first-order chi connectivity index (χ1) is 12.8. The van der Waals surface area contributed by atoms with Crippen molar-refractivity contribution in [2.24, 2.45) is 11.1 Å². The maximum atomic E-state index is 13.3. The Morgan fingerprint density at radius 3 is 2.59 bits per heavy atom. The first-order valence-electron chi connectivity index (χ1n) is 8.90. The number of ketones is 1. The van der Waals surface area contributed by atoms with Crippen LogP contribution in [-0.4, -0.2) is 10.8 Å². The number of nitrogens with one attached hydrogen (secondary N) is 1. The molecule has 3 N–H and O–H groups in total. The van der Waals surface area contributed by atoms with Crippen LogP contribution in [0.4, 0.5) is 4.39 Å². The van der Waals surface area contributed by atoms with Crippen LogP contribution in [0.2, 0.25) is 0 Å². The first kappa shape index (κ1) is 19.0. The van der Waals surface area contributed by atoms with E-state index in [9.17, 15) is 9.18 Å². The molecule has 5 heteroatoms. The van der Waals surface area contributed by atoms with Crippen LogP contribution >= 0.6 is 0 Å². The normalized spacial score (nSPS) is 17.6. The van der Waals surface area contributed by atoms with Gasteiger partial charge in [-0.3, -0.25) is 9.78 Å². The van der Waals surface area contributed by atoms with Gasteiger partial charge in [-0.25, -0.2) is 4.39 Å². The average molecular weight is 365 g/mol. The van der Waals surface area contributed by atoms with Crippen molar-refractivity contribution < 1.29 is 9.18 Å². The minimum atomic E-state index is -0.626. The molecule has 140 valence electrons. The molecule has 0 spiro atoms. The molecule has 0 amide bonds. The molecule has 27 heavy (non-hydrogen) atoms. The molecule has 0 saturated carbocycles. The number of benzene rings is 1. The van der Waals surface area contributed by atoms with E-state index in [1.54, 1.807) is 24.5 Å². The monoisotopic (exact) mass is 365 g/mol. The summed E-state index contributed by atoms with van der Waals surface area (Å²) in [4.78, 5) is 17.0. The highest BCUT2D eigenvalue weighted by Gasteiger charge is 2.36. The van der Waals surface area contributed by atoms with Gasteiger partial charge in [0.05, 0.1) is 6.04 Å². The topological polar surface area (TPSA) is 68.0 Å². The van der Waals surface area contributed by atoms with E-state index in [1.807, 2.05) is 12.1 Å². The van der Waals surface area contributed by atoms with Gasteiger partial charge in [0.25, 0.3) is 0 Å². The lowest BCUT2D eigenvalue weighted by Crippen LogP contribution is -2.35. The highest BCUT2D eigenvalue weighted by molar-refractivity contribution is 5.99. The van der Waals surface area contributed by atoms with Crippen LogP contribution in [-0.2, 0) is 4.79 Å². The smallest absolute Gasteiger partial charge is 0.163 e. The molecule has 1 heterocycles. The molecule has 1 unspecified atom stereocenters. The number of pyridine rings is 1. The Morgan fingerprint density at radius 1 is 1.26 bits per heavy atom. The van der Waals surface area contributed by atoms with Crippen LogP contribution in [0.5, 0.6) is 0 Å².